The van der Waals surface area contributed by atoms with Gasteiger partial charge < -0.3 is 15.0 Å². The minimum atomic E-state index is -0.296. The first kappa shape index (κ1) is 20.9. The number of amides is 1. The molecule has 0 radical (unpaired) electrons. The molecule has 8 nitrogen and oxygen atoms in total. The third-order valence-electron chi connectivity index (χ3n) is 6.02. The molecule has 0 saturated carbocycles. The van der Waals surface area contributed by atoms with Crippen LogP contribution in [-0.4, -0.2) is 52.4 Å². The van der Waals surface area contributed by atoms with Crippen LogP contribution in [0.1, 0.15) is 41.7 Å². The van der Waals surface area contributed by atoms with Crippen molar-refractivity contribution in [3.05, 3.63) is 65.8 Å². The number of pyridine rings is 1. The van der Waals surface area contributed by atoms with Gasteiger partial charge >= 0.3 is 0 Å². The summed E-state index contributed by atoms with van der Waals surface area (Å²) in [6.45, 7) is 2.13. The number of nitrogens with one attached hydrogen (secondary N) is 2. The molecule has 1 fully saturated rings. The number of hydrogen-bond acceptors (Lipinski definition) is 6. The maximum absolute atomic E-state index is 12.9. The topological polar surface area (TPSA) is 95.5 Å². The number of anilines is 1. The first-order valence-electron chi connectivity index (χ1n) is 11.2. The molecule has 0 unspecified atom stereocenters. The van der Waals surface area contributed by atoms with Gasteiger partial charge in [0.05, 0.1) is 30.2 Å². The van der Waals surface area contributed by atoms with E-state index in [2.05, 4.69) is 42.5 Å². The number of aromatic nitrogens is 3. The standard InChI is InChI=1S/C25H26N6O2/c1-33-23-8-6-19(15-27-23)28-25(32)24-21-14-17(5-7-22(21)29-30-24)18-9-10-26-16-20(13-18)31-11-3-2-4-12-31/h5-8,10,13-16H,2-4,9,11-12H2,1H3,(H,28,32)(H,29,30). The SMILES string of the molecule is COc1ccc(NC(=O)c2n[nH]c3ccc(C4=CC(N5CCCCC5)=CN=CC4)cc23)cn1. The molecule has 5 rings (SSSR count). The van der Waals surface area contributed by atoms with E-state index in [0.29, 0.717) is 17.3 Å². The molecule has 2 aliphatic rings. The number of allylic oxidation sites excluding steroid dienone is 2. The second-order valence-corrected chi connectivity index (χ2v) is 8.18. The van der Waals surface area contributed by atoms with Crippen molar-refractivity contribution >= 4 is 34.3 Å². The number of H-pyrrole nitrogens is 1. The van der Waals surface area contributed by atoms with Crippen molar-refractivity contribution < 1.29 is 9.53 Å². The van der Waals surface area contributed by atoms with E-state index in [1.165, 1.54) is 24.8 Å². The maximum Gasteiger partial charge on any atom is 0.276 e. The van der Waals surface area contributed by atoms with Crippen molar-refractivity contribution in [1.82, 2.24) is 20.1 Å². The Morgan fingerprint density at radius 2 is 2.03 bits per heavy atom. The summed E-state index contributed by atoms with van der Waals surface area (Å²) in [5, 5.41) is 10.9. The highest BCUT2D eigenvalue weighted by Crippen LogP contribution is 2.28. The monoisotopic (exact) mass is 442 g/mol. The van der Waals surface area contributed by atoms with E-state index in [0.717, 1.165) is 41.7 Å². The number of benzene rings is 1. The number of hydrogen-bond donors (Lipinski definition) is 2. The first-order chi connectivity index (χ1) is 16.2. The molecule has 4 heterocycles. The van der Waals surface area contributed by atoms with E-state index >= 15 is 0 Å². The number of aliphatic imine (C=N–C) groups is 1. The highest BCUT2D eigenvalue weighted by molar-refractivity contribution is 6.11. The van der Waals surface area contributed by atoms with Gasteiger partial charge in [-0.15, -0.1) is 0 Å². The van der Waals surface area contributed by atoms with Gasteiger partial charge in [-0.2, -0.15) is 5.10 Å². The van der Waals surface area contributed by atoms with E-state index in [4.69, 9.17) is 4.74 Å². The summed E-state index contributed by atoms with van der Waals surface area (Å²) in [5.41, 5.74) is 5.11. The van der Waals surface area contributed by atoms with Gasteiger partial charge in [-0.3, -0.25) is 14.9 Å². The van der Waals surface area contributed by atoms with Gasteiger partial charge in [-0.1, -0.05) is 6.07 Å². The van der Waals surface area contributed by atoms with Gasteiger partial charge in [0.2, 0.25) is 5.88 Å². The fourth-order valence-corrected chi connectivity index (χ4v) is 4.23. The van der Waals surface area contributed by atoms with Gasteiger partial charge in [0.1, 0.15) is 0 Å². The molecule has 2 aromatic heterocycles. The number of piperidine rings is 1. The Morgan fingerprint density at radius 3 is 2.82 bits per heavy atom. The van der Waals surface area contributed by atoms with Gasteiger partial charge in [0.15, 0.2) is 5.69 Å². The molecule has 8 heteroatoms. The van der Waals surface area contributed by atoms with E-state index in [1.807, 2.05) is 24.5 Å². The average Bonchev–Trinajstić information content (AvgIpc) is 3.13. The van der Waals surface area contributed by atoms with Crippen LogP contribution in [0.15, 0.2) is 59.5 Å². The zero-order chi connectivity index (χ0) is 22.6. The largest absolute Gasteiger partial charge is 0.481 e. The highest BCUT2D eigenvalue weighted by atomic mass is 16.5. The molecule has 3 aromatic rings. The molecule has 0 atom stereocenters. The average molecular weight is 443 g/mol. The number of ether oxygens (including phenoxy) is 1. The lowest BCUT2D eigenvalue weighted by Gasteiger charge is -2.29. The van der Waals surface area contributed by atoms with E-state index < -0.39 is 0 Å². The number of carbonyl (C=O) groups excluding carboxylic acids is 1. The molecule has 1 amide bonds. The Labute approximate surface area is 192 Å². The van der Waals surface area contributed by atoms with Gasteiger partial charge in [-0.05, 0) is 54.7 Å². The summed E-state index contributed by atoms with van der Waals surface area (Å²) in [6, 6.07) is 9.50. The van der Waals surface area contributed by atoms with Crippen molar-refractivity contribution in [3.63, 3.8) is 0 Å². The van der Waals surface area contributed by atoms with Crippen LogP contribution in [0.2, 0.25) is 0 Å². The molecular formula is C25H26N6O2. The van der Waals surface area contributed by atoms with Crippen LogP contribution in [0.5, 0.6) is 5.88 Å². The number of likely N-dealkylation sites (tertiary alicyclic amines) is 1. The predicted octanol–water partition coefficient (Wildman–Crippen LogP) is 4.40. The minimum absolute atomic E-state index is 0.296. The fraction of sp³-hybridized carbons (Fsp3) is 0.280. The second-order valence-electron chi connectivity index (χ2n) is 8.18. The lowest BCUT2D eigenvalue weighted by molar-refractivity contribution is 0.102. The third kappa shape index (κ3) is 4.50. The Kier molecular flexibility index (Phi) is 5.89. The van der Waals surface area contributed by atoms with Gasteiger partial charge in [-0.25, -0.2) is 4.98 Å². The first-order valence-corrected chi connectivity index (χ1v) is 11.2. The van der Waals surface area contributed by atoms with Crippen molar-refractivity contribution in [2.45, 2.75) is 25.7 Å². The Hall–Kier alpha value is -3.94. The number of nitrogens with zero attached hydrogens (tertiary/aromatic N) is 4. The van der Waals surface area contributed by atoms with Gasteiger partial charge in [0, 0.05) is 43.4 Å². The molecule has 2 aliphatic heterocycles. The Morgan fingerprint density at radius 1 is 1.15 bits per heavy atom. The molecule has 33 heavy (non-hydrogen) atoms. The number of rotatable bonds is 5. The minimum Gasteiger partial charge on any atom is -0.481 e. The zero-order valence-corrected chi connectivity index (χ0v) is 18.5. The van der Waals surface area contributed by atoms with Crippen LogP contribution in [0.25, 0.3) is 16.5 Å². The number of aromatic amines is 1. The number of carbonyl (C=O) groups is 1. The molecule has 0 aliphatic carbocycles. The Bertz CT molecular complexity index is 1250. The normalized spacial score (nSPS) is 16.2. The van der Waals surface area contributed by atoms with E-state index in [-0.39, 0.29) is 5.91 Å². The second kappa shape index (κ2) is 9.28. The summed E-state index contributed by atoms with van der Waals surface area (Å²) in [4.78, 5) is 24.0. The van der Waals surface area contributed by atoms with Crippen LogP contribution in [0, 0.1) is 0 Å². The predicted molar refractivity (Wildman–Crippen MR) is 129 cm³/mol. The molecule has 1 aromatic carbocycles. The molecule has 0 bridgehead atoms. The molecular weight excluding hydrogens is 416 g/mol. The van der Waals surface area contributed by atoms with Crippen LogP contribution < -0.4 is 10.1 Å². The van der Waals surface area contributed by atoms with E-state index in [1.54, 1.807) is 25.4 Å². The van der Waals surface area contributed by atoms with Crippen molar-refractivity contribution in [3.8, 4) is 5.88 Å². The quantitative estimate of drug-likeness (QED) is 0.610. The lowest BCUT2D eigenvalue weighted by Crippen LogP contribution is -2.28. The summed E-state index contributed by atoms with van der Waals surface area (Å²) in [5.74, 6) is 0.191. The van der Waals surface area contributed by atoms with E-state index in [9.17, 15) is 4.79 Å². The van der Waals surface area contributed by atoms with Crippen LogP contribution in [0.4, 0.5) is 5.69 Å². The maximum atomic E-state index is 12.9. The van der Waals surface area contributed by atoms with Crippen molar-refractivity contribution in [1.29, 1.82) is 0 Å². The fourth-order valence-electron chi connectivity index (χ4n) is 4.23. The highest BCUT2D eigenvalue weighted by Gasteiger charge is 2.18. The molecule has 2 N–H and O–H groups in total. The third-order valence-corrected chi connectivity index (χ3v) is 6.02. The molecule has 168 valence electrons. The van der Waals surface area contributed by atoms with Crippen LogP contribution >= 0.6 is 0 Å². The molecule has 1 saturated heterocycles. The van der Waals surface area contributed by atoms with Crippen LogP contribution in [0.3, 0.4) is 0 Å². The summed E-state index contributed by atoms with van der Waals surface area (Å²) >= 11 is 0. The summed E-state index contributed by atoms with van der Waals surface area (Å²) in [6.07, 6.45) is 12.1. The summed E-state index contributed by atoms with van der Waals surface area (Å²) < 4.78 is 5.07. The Balaban J connectivity index is 1.42. The summed E-state index contributed by atoms with van der Waals surface area (Å²) in [7, 11) is 1.55. The number of methoxy groups -OCH3 is 1. The van der Waals surface area contributed by atoms with Crippen LogP contribution in [-0.2, 0) is 0 Å². The van der Waals surface area contributed by atoms with Gasteiger partial charge in [0.25, 0.3) is 5.91 Å². The lowest BCUT2D eigenvalue weighted by atomic mass is 9.99. The van der Waals surface area contributed by atoms with Crippen molar-refractivity contribution in [2.75, 3.05) is 25.5 Å². The van der Waals surface area contributed by atoms with Crippen molar-refractivity contribution in [2.24, 2.45) is 4.99 Å². The number of fused-ring (bicyclic) bond motifs is 1. The smallest absolute Gasteiger partial charge is 0.276 e. The molecule has 0 spiro atoms. The zero-order valence-electron chi connectivity index (χ0n) is 18.5.